The number of rotatable bonds is 77. The van der Waals surface area contributed by atoms with Crippen molar-refractivity contribution in [3.05, 3.63) is 24.3 Å². The molecule has 0 fully saturated rings. The zero-order valence-corrected chi connectivity index (χ0v) is 60.0. The summed E-state index contributed by atoms with van der Waals surface area (Å²) in [6.07, 6.45) is 99.9. The Labute approximate surface area is 551 Å². The van der Waals surface area contributed by atoms with E-state index in [-0.39, 0.29) is 18.5 Å². The van der Waals surface area contributed by atoms with Crippen molar-refractivity contribution in [1.82, 2.24) is 5.32 Å². The molecular weight excluding hydrogens is 1080 g/mol. The molecule has 0 aliphatic carbocycles. The van der Waals surface area contributed by atoms with Crippen LogP contribution in [0.15, 0.2) is 24.3 Å². The van der Waals surface area contributed by atoms with Gasteiger partial charge in [0.1, 0.15) is 0 Å². The van der Waals surface area contributed by atoms with E-state index < -0.39 is 12.1 Å². The second-order valence-electron chi connectivity index (χ2n) is 28.1. The van der Waals surface area contributed by atoms with Crippen LogP contribution in [0.25, 0.3) is 0 Å². The summed E-state index contributed by atoms with van der Waals surface area (Å²) in [5.41, 5.74) is 0. The van der Waals surface area contributed by atoms with Gasteiger partial charge in [0.05, 0.1) is 25.4 Å². The number of hydrogen-bond donors (Lipinski definition) is 3. The van der Waals surface area contributed by atoms with Crippen LogP contribution < -0.4 is 5.32 Å². The molecule has 6 nitrogen and oxygen atoms in total. The van der Waals surface area contributed by atoms with Gasteiger partial charge in [0.25, 0.3) is 0 Å². The number of ether oxygens (including phenoxy) is 1. The van der Waals surface area contributed by atoms with Crippen LogP contribution in [0.2, 0.25) is 0 Å². The molecule has 0 spiro atoms. The molecule has 0 saturated carbocycles. The van der Waals surface area contributed by atoms with Crippen LogP contribution >= 0.6 is 0 Å². The van der Waals surface area contributed by atoms with Crippen LogP contribution in [-0.2, 0) is 14.3 Å². The number of carbonyl (C=O) groups excluding carboxylic acids is 2. The summed E-state index contributed by atoms with van der Waals surface area (Å²) in [4.78, 5) is 24.7. The Hall–Kier alpha value is -1.66. The highest BCUT2D eigenvalue weighted by molar-refractivity contribution is 5.76. The van der Waals surface area contributed by atoms with Crippen molar-refractivity contribution < 1.29 is 24.5 Å². The number of allylic oxidation sites excluding steroid dienone is 4. The number of aliphatic hydroxyl groups excluding tert-OH is 2. The molecule has 0 rings (SSSR count). The molecule has 0 saturated heterocycles. The molecule has 1 amide bonds. The third kappa shape index (κ3) is 73.4. The first-order chi connectivity index (χ1) is 43.5. The maximum atomic E-state index is 12.6. The van der Waals surface area contributed by atoms with E-state index in [4.69, 9.17) is 4.74 Å². The van der Waals surface area contributed by atoms with Gasteiger partial charge in [-0.15, -0.1) is 0 Å². The number of unbranched alkanes of at least 4 members (excludes halogenated alkanes) is 62. The van der Waals surface area contributed by atoms with E-state index in [2.05, 4.69) is 43.5 Å². The Morgan fingerprint density at radius 3 is 0.864 bits per heavy atom. The maximum absolute atomic E-state index is 12.6. The topological polar surface area (TPSA) is 95.9 Å². The van der Waals surface area contributed by atoms with Gasteiger partial charge in [0.15, 0.2) is 0 Å². The molecule has 0 aliphatic heterocycles. The first-order valence-corrected chi connectivity index (χ1v) is 40.6. The van der Waals surface area contributed by atoms with Gasteiger partial charge in [-0.2, -0.15) is 0 Å². The monoisotopic (exact) mass is 1240 g/mol. The van der Waals surface area contributed by atoms with E-state index in [9.17, 15) is 19.8 Å². The lowest BCUT2D eigenvalue weighted by Crippen LogP contribution is -2.45. The zero-order chi connectivity index (χ0) is 63.5. The lowest BCUT2D eigenvalue weighted by molar-refractivity contribution is -0.143. The van der Waals surface area contributed by atoms with E-state index in [1.54, 1.807) is 0 Å². The average Bonchev–Trinajstić information content (AvgIpc) is 3.58. The van der Waals surface area contributed by atoms with Gasteiger partial charge in [-0.1, -0.05) is 417 Å². The minimum absolute atomic E-state index is 0.0173. The van der Waals surface area contributed by atoms with Crippen molar-refractivity contribution in [2.75, 3.05) is 13.2 Å². The molecule has 0 aliphatic rings. The van der Waals surface area contributed by atoms with E-state index in [1.165, 1.54) is 385 Å². The lowest BCUT2D eigenvalue weighted by Gasteiger charge is -2.22. The number of hydrogen-bond acceptors (Lipinski definition) is 5. The zero-order valence-electron chi connectivity index (χ0n) is 60.0. The molecule has 0 aromatic rings. The maximum Gasteiger partial charge on any atom is 0.305 e. The van der Waals surface area contributed by atoms with E-state index in [0.717, 1.165) is 44.9 Å². The number of esters is 1. The van der Waals surface area contributed by atoms with Crippen molar-refractivity contribution >= 4 is 11.9 Å². The molecule has 2 atom stereocenters. The molecule has 0 bridgehead atoms. The van der Waals surface area contributed by atoms with Crippen LogP contribution in [0.5, 0.6) is 0 Å². The summed E-state index contributed by atoms with van der Waals surface area (Å²) >= 11 is 0. The molecule has 0 heterocycles. The number of nitrogens with one attached hydrogen (secondary N) is 1. The van der Waals surface area contributed by atoms with Crippen LogP contribution in [0.3, 0.4) is 0 Å². The van der Waals surface area contributed by atoms with Gasteiger partial charge in [-0.25, -0.2) is 0 Å². The van der Waals surface area contributed by atoms with Crippen LogP contribution in [0, 0.1) is 0 Å². The van der Waals surface area contributed by atoms with Gasteiger partial charge in [-0.05, 0) is 57.8 Å². The van der Waals surface area contributed by atoms with Crippen molar-refractivity contribution in [3.8, 4) is 0 Å². The van der Waals surface area contributed by atoms with Gasteiger partial charge < -0.3 is 20.3 Å². The van der Waals surface area contributed by atoms with Crippen LogP contribution in [0.1, 0.15) is 463 Å². The van der Waals surface area contributed by atoms with E-state index in [0.29, 0.717) is 25.9 Å². The number of carbonyl (C=O) groups is 2. The minimum Gasteiger partial charge on any atom is -0.466 e. The summed E-state index contributed by atoms with van der Waals surface area (Å²) in [5.74, 6) is -0.0111. The molecular formula is C82H159NO5. The Bertz CT molecular complexity index is 1380. The Morgan fingerprint density at radius 2 is 0.568 bits per heavy atom. The summed E-state index contributed by atoms with van der Waals surface area (Å²) < 4.78 is 5.50. The van der Waals surface area contributed by atoms with Crippen LogP contribution in [0.4, 0.5) is 0 Å². The second-order valence-corrected chi connectivity index (χ2v) is 28.1. The fourth-order valence-corrected chi connectivity index (χ4v) is 13.1. The third-order valence-corrected chi connectivity index (χ3v) is 19.3. The highest BCUT2D eigenvalue weighted by atomic mass is 16.5. The van der Waals surface area contributed by atoms with Crippen LogP contribution in [-0.4, -0.2) is 47.4 Å². The summed E-state index contributed by atoms with van der Waals surface area (Å²) in [5, 5.41) is 23.5. The predicted molar refractivity (Wildman–Crippen MR) is 389 cm³/mol. The Kier molecular flexibility index (Phi) is 76.3. The normalized spacial score (nSPS) is 12.5. The SMILES string of the molecule is CCCCCCCCCCCCCCCCCCCCCCCCCCCC(O)C(CO)NC(=O)CCCCCCCCCCCCCCCCC/C=C\C/C=C\CCCCCCCCCCCOC(=O)CCCCCCCCCCCCCCCCC. The molecule has 2 unspecified atom stereocenters. The third-order valence-electron chi connectivity index (χ3n) is 19.3. The summed E-state index contributed by atoms with van der Waals surface area (Å²) in [6, 6.07) is -0.543. The fourth-order valence-electron chi connectivity index (χ4n) is 13.1. The van der Waals surface area contributed by atoms with Crippen molar-refractivity contribution in [3.63, 3.8) is 0 Å². The van der Waals surface area contributed by atoms with Crippen molar-refractivity contribution in [2.45, 2.75) is 475 Å². The van der Waals surface area contributed by atoms with Gasteiger partial charge in [0.2, 0.25) is 5.91 Å². The standard InChI is InChI=1S/C82H159NO5/c1-3-5-7-9-11-13-15-17-19-20-21-22-23-31-34-37-40-43-47-50-54-58-62-66-70-74-80(85)79(78-84)83-81(86)75-71-67-63-59-55-51-48-44-41-38-35-32-29-27-25-24-26-28-30-33-36-39-42-45-49-53-57-61-65-69-73-77-88-82(87)76-72-68-64-60-56-52-46-18-16-14-12-10-8-6-4-2/h26,28,33,36,79-80,84-85H,3-25,27,29-32,34-35,37-78H2,1-2H3,(H,83,86)/b28-26-,36-33-. The Balaban J connectivity index is 3.38. The number of amides is 1. The average molecular weight is 1240 g/mol. The quantitative estimate of drug-likeness (QED) is 0.0320. The summed E-state index contributed by atoms with van der Waals surface area (Å²) in [6.45, 7) is 5.01. The van der Waals surface area contributed by atoms with E-state index in [1.807, 2.05) is 0 Å². The highest BCUT2D eigenvalue weighted by Gasteiger charge is 2.20. The second kappa shape index (κ2) is 77.8. The number of aliphatic hydroxyl groups is 2. The van der Waals surface area contributed by atoms with Gasteiger partial charge >= 0.3 is 5.97 Å². The molecule has 3 N–H and O–H groups in total. The first-order valence-electron chi connectivity index (χ1n) is 40.6. The molecule has 88 heavy (non-hydrogen) atoms. The first kappa shape index (κ1) is 86.3. The predicted octanol–water partition coefficient (Wildman–Crippen LogP) is 26.8. The van der Waals surface area contributed by atoms with Gasteiger partial charge in [-0.3, -0.25) is 9.59 Å². The fraction of sp³-hybridized carbons (Fsp3) is 0.927. The van der Waals surface area contributed by atoms with Crippen molar-refractivity contribution in [2.24, 2.45) is 0 Å². The summed E-state index contributed by atoms with van der Waals surface area (Å²) in [7, 11) is 0. The molecule has 6 heteroatoms. The molecule has 0 radical (unpaired) electrons. The molecule has 0 aromatic carbocycles. The molecule has 0 aromatic heterocycles. The largest absolute Gasteiger partial charge is 0.466 e. The van der Waals surface area contributed by atoms with Gasteiger partial charge in [0, 0.05) is 12.8 Å². The minimum atomic E-state index is -0.666. The smallest absolute Gasteiger partial charge is 0.305 e. The van der Waals surface area contributed by atoms with Crippen molar-refractivity contribution in [1.29, 1.82) is 0 Å². The van der Waals surface area contributed by atoms with E-state index >= 15 is 0 Å². The highest BCUT2D eigenvalue weighted by Crippen LogP contribution is 2.20. The molecule has 522 valence electrons. The Morgan fingerprint density at radius 1 is 0.318 bits per heavy atom. The lowest BCUT2D eigenvalue weighted by atomic mass is 10.0.